The first-order valence-electron chi connectivity index (χ1n) is 11.0. The molecule has 1 saturated carbocycles. The van der Waals surface area contributed by atoms with Crippen molar-refractivity contribution in [3.8, 4) is 0 Å². The normalized spacial score (nSPS) is 26.9. The molecule has 6 nitrogen and oxygen atoms in total. The molecule has 30 heavy (non-hydrogen) atoms. The van der Waals surface area contributed by atoms with E-state index in [1.165, 1.54) is 11.5 Å². The van der Waals surface area contributed by atoms with Gasteiger partial charge in [0.05, 0.1) is 17.2 Å². The van der Waals surface area contributed by atoms with Gasteiger partial charge in [-0.3, -0.25) is 0 Å². The molecule has 0 bridgehead atoms. The lowest BCUT2D eigenvalue weighted by atomic mass is 9.77. The quantitative estimate of drug-likeness (QED) is 0.401. The van der Waals surface area contributed by atoms with Gasteiger partial charge in [0.1, 0.15) is 0 Å². The van der Waals surface area contributed by atoms with E-state index in [2.05, 4.69) is 23.7 Å². The van der Waals surface area contributed by atoms with Crippen LogP contribution in [-0.2, 0) is 11.1 Å². The van der Waals surface area contributed by atoms with Gasteiger partial charge in [-0.15, -0.1) is 4.91 Å². The monoisotopic (exact) mass is 435 g/mol. The van der Waals surface area contributed by atoms with Crippen LogP contribution in [0.1, 0.15) is 90.0 Å². The van der Waals surface area contributed by atoms with Crippen LogP contribution in [0.5, 0.6) is 0 Å². The number of hydrogen-bond donors (Lipinski definition) is 3. The number of nitroso groups, excluding NO2 is 1. The van der Waals surface area contributed by atoms with E-state index in [4.69, 9.17) is 0 Å². The van der Waals surface area contributed by atoms with Crippen LogP contribution in [0.4, 0.5) is 0 Å². The Hall–Kier alpha value is -0.990. The van der Waals surface area contributed by atoms with E-state index >= 15 is 0 Å². The molecule has 0 aromatic heterocycles. The lowest BCUT2D eigenvalue weighted by molar-refractivity contribution is -0.216. The molecule has 7 heteroatoms. The number of nitrogens with one attached hydrogen (secondary N) is 1. The van der Waals surface area contributed by atoms with Crippen molar-refractivity contribution in [3.05, 3.63) is 39.8 Å². The van der Waals surface area contributed by atoms with Crippen LogP contribution < -0.4 is 5.32 Å². The highest BCUT2D eigenvalue weighted by molar-refractivity contribution is 7.99. The minimum absolute atomic E-state index is 0.224. The van der Waals surface area contributed by atoms with E-state index < -0.39 is 17.2 Å². The van der Waals surface area contributed by atoms with Gasteiger partial charge in [0.15, 0.2) is 0 Å². The van der Waals surface area contributed by atoms with Gasteiger partial charge < -0.3 is 15.6 Å². The number of rotatable bonds is 7. The summed E-state index contributed by atoms with van der Waals surface area (Å²) in [6, 6.07) is 6.30. The molecule has 1 aromatic rings. The van der Waals surface area contributed by atoms with Gasteiger partial charge in [-0.1, -0.05) is 31.0 Å². The van der Waals surface area contributed by atoms with Crippen molar-refractivity contribution >= 4 is 11.9 Å². The van der Waals surface area contributed by atoms with E-state index in [0.29, 0.717) is 12.5 Å². The maximum absolute atomic E-state index is 10.9. The molecule has 168 valence electrons. The fraction of sp³-hybridized carbons (Fsp3) is 0.739. The number of aliphatic hydroxyl groups excluding tert-OH is 1. The van der Waals surface area contributed by atoms with Gasteiger partial charge in [0.2, 0.25) is 0 Å². The maximum Gasteiger partial charge on any atom is 0.0914 e. The van der Waals surface area contributed by atoms with Crippen molar-refractivity contribution in [2.45, 2.75) is 95.2 Å². The number of benzene rings is 1. The summed E-state index contributed by atoms with van der Waals surface area (Å²) in [5, 5.41) is 26.6. The summed E-state index contributed by atoms with van der Waals surface area (Å²) in [7, 11) is 0. The van der Waals surface area contributed by atoms with Crippen LogP contribution in [0.3, 0.4) is 0 Å². The van der Waals surface area contributed by atoms with Crippen molar-refractivity contribution in [2.75, 3.05) is 6.54 Å². The third-order valence-electron chi connectivity index (χ3n) is 7.31. The zero-order chi connectivity index (χ0) is 22.3. The highest BCUT2D eigenvalue weighted by atomic mass is 32.2. The molecule has 1 heterocycles. The Balaban J connectivity index is 1.73. The fourth-order valence-corrected chi connectivity index (χ4v) is 6.10. The van der Waals surface area contributed by atoms with E-state index in [1.54, 1.807) is 0 Å². The van der Waals surface area contributed by atoms with E-state index in [1.807, 2.05) is 45.9 Å². The number of hydrogen-bond acceptors (Lipinski definition) is 7. The number of hydroxylamine groups is 2. The van der Waals surface area contributed by atoms with Crippen molar-refractivity contribution in [1.29, 1.82) is 0 Å². The van der Waals surface area contributed by atoms with Gasteiger partial charge in [0, 0.05) is 33.9 Å². The van der Waals surface area contributed by atoms with Crippen molar-refractivity contribution in [2.24, 2.45) is 10.5 Å². The molecule has 1 aliphatic heterocycles. The molecule has 0 amide bonds. The molecule has 0 saturated heterocycles. The van der Waals surface area contributed by atoms with E-state index in [0.717, 1.165) is 47.9 Å². The molecule has 3 rings (SSSR count). The Morgan fingerprint density at radius 1 is 1.20 bits per heavy atom. The minimum atomic E-state index is -0.635. The zero-order valence-corrected chi connectivity index (χ0v) is 19.9. The number of aliphatic hydroxyl groups is 1. The molecular formula is C23H37N3O3S. The Kier molecular flexibility index (Phi) is 6.71. The summed E-state index contributed by atoms with van der Waals surface area (Å²) in [5.41, 5.74) is 2.02. The van der Waals surface area contributed by atoms with Gasteiger partial charge in [-0.05, 0) is 77.0 Å². The molecule has 2 aliphatic rings. The molecule has 1 fully saturated rings. The number of nitrogens with zero attached hydrogens (tertiary/aromatic N) is 2. The molecule has 1 aromatic carbocycles. The van der Waals surface area contributed by atoms with Crippen molar-refractivity contribution in [3.63, 3.8) is 0 Å². The third-order valence-corrected chi connectivity index (χ3v) is 8.16. The van der Waals surface area contributed by atoms with Crippen LogP contribution in [0.25, 0.3) is 0 Å². The largest absolute Gasteiger partial charge is 0.387 e. The van der Waals surface area contributed by atoms with Crippen LogP contribution in [-0.4, -0.2) is 32.7 Å². The van der Waals surface area contributed by atoms with Gasteiger partial charge >= 0.3 is 0 Å². The first-order chi connectivity index (χ1) is 13.9. The highest BCUT2D eigenvalue weighted by Crippen LogP contribution is 2.48. The van der Waals surface area contributed by atoms with E-state index in [9.17, 15) is 15.2 Å². The van der Waals surface area contributed by atoms with Gasteiger partial charge in [0.25, 0.3) is 0 Å². The third kappa shape index (κ3) is 4.19. The second-order valence-electron chi connectivity index (χ2n) is 10.4. The van der Waals surface area contributed by atoms with Gasteiger partial charge in [-0.2, -0.15) is 5.06 Å². The molecule has 3 N–H and O–H groups in total. The zero-order valence-electron chi connectivity index (χ0n) is 19.1. The molecule has 3 atom stereocenters. The predicted molar refractivity (Wildman–Crippen MR) is 122 cm³/mol. The average molecular weight is 436 g/mol. The average Bonchev–Trinajstić information content (AvgIpc) is 2.83. The lowest BCUT2D eigenvalue weighted by Crippen LogP contribution is -2.47. The van der Waals surface area contributed by atoms with Crippen LogP contribution >= 0.6 is 11.9 Å². The van der Waals surface area contributed by atoms with Crippen molar-refractivity contribution in [1.82, 2.24) is 10.4 Å². The Morgan fingerprint density at radius 3 is 2.50 bits per heavy atom. The Labute approximate surface area is 184 Å². The topological polar surface area (TPSA) is 85.2 Å². The number of fused-ring (bicyclic) bond motifs is 1. The minimum Gasteiger partial charge on any atom is -0.387 e. The SMILES string of the molecule is CC(C)(SN=O)C1CCCCC1NCC(O)c1ccc2c(c1)C(C)(C)N(O)C2(C)C. The molecule has 0 spiro atoms. The first-order valence-corrected chi connectivity index (χ1v) is 11.8. The Morgan fingerprint density at radius 2 is 1.83 bits per heavy atom. The summed E-state index contributed by atoms with van der Waals surface area (Å²) < 4.78 is 2.87. The van der Waals surface area contributed by atoms with E-state index in [-0.39, 0.29) is 10.8 Å². The van der Waals surface area contributed by atoms with Gasteiger partial charge in [-0.25, -0.2) is 0 Å². The van der Waals surface area contributed by atoms with Crippen LogP contribution in [0.2, 0.25) is 0 Å². The first kappa shape index (κ1) is 23.7. The fourth-order valence-electron chi connectivity index (χ4n) is 5.49. The summed E-state index contributed by atoms with van der Waals surface area (Å²) in [6.07, 6.45) is 3.81. The molecule has 3 unspecified atom stereocenters. The predicted octanol–water partition coefficient (Wildman–Crippen LogP) is 5.24. The lowest BCUT2D eigenvalue weighted by Gasteiger charge is -2.41. The summed E-state index contributed by atoms with van der Waals surface area (Å²) in [4.78, 5) is 10.9. The summed E-state index contributed by atoms with van der Waals surface area (Å²) >= 11 is 1.13. The smallest absolute Gasteiger partial charge is 0.0914 e. The Bertz CT molecular complexity index is 781. The molecule has 1 aliphatic carbocycles. The molecule has 0 radical (unpaired) electrons. The summed E-state index contributed by atoms with van der Waals surface area (Å²) in [5.74, 6) is 0.337. The summed E-state index contributed by atoms with van der Waals surface area (Å²) in [6.45, 7) is 12.7. The van der Waals surface area contributed by atoms with Crippen LogP contribution in [0.15, 0.2) is 22.8 Å². The maximum atomic E-state index is 10.9. The van der Waals surface area contributed by atoms with Crippen molar-refractivity contribution < 1.29 is 10.3 Å². The standard InChI is InChI=1S/C23H37N3O3S/c1-21(2)16-12-11-15(13-18(16)22(3,4)26(21)29)20(27)14-24-19-10-8-7-9-17(19)23(5,6)30-25-28/h11-13,17,19-20,24,27,29H,7-10,14H2,1-6H3. The second kappa shape index (κ2) is 8.51. The van der Waals surface area contributed by atoms with Crippen LogP contribution in [0, 0.1) is 10.8 Å². The highest BCUT2D eigenvalue weighted by Gasteiger charge is 2.49. The molecular weight excluding hydrogens is 398 g/mol. The second-order valence-corrected chi connectivity index (χ2v) is 11.8.